The molecule has 0 fully saturated rings. The van der Waals surface area contributed by atoms with E-state index in [1.807, 2.05) is 0 Å². The standard InChI is InChI=1S/C13H15FN2O3S/c1-3-19-12(18)8(2)15-13(20)16-11(17)9-4-6-10(14)7-5-9/h4-8H,3H2,1-2H3,(H2,15,16,17,20). The lowest BCUT2D eigenvalue weighted by molar-refractivity contribution is -0.144. The predicted molar refractivity (Wildman–Crippen MR) is 75.7 cm³/mol. The fraction of sp³-hybridized carbons (Fsp3) is 0.308. The van der Waals surface area contributed by atoms with Crippen LogP contribution >= 0.6 is 12.2 Å². The first-order chi connectivity index (χ1) is 9.43. The van der Waals surface area contributed by atoms with Gasteiger partial charge in [0.1, 0.15) is 11.9 Å². The van der Waals surface area contributed by atoms with Gasteiger partial charge in [-0.3, -0.25) is 10.1 Å². The Morgan fingerprint density at radius 3 is 2.50 bits per heavy atom. The molecule has 20 heavy (non-hydrogen) atoms. The Bertz CT molecular complexity index is 505. The molecule has 108 valence electrons. The van der Waals surface area contributed by atoms with E-state index >= 15 is 0 Å². The molecule has 5 nitrogen and oxygen atoms in total. The molecule has 0 aliphatic heterocycles. The largest absolute Gasteiger partial charge is 0.464 e. The lowest BCUT2D eigenvalue weighted by atomic mass is 10.2. The van der Waals surface area contributed by atoms with Crippen LogP contribution in [0.4, 0.5) is 4.39 Å². The van der Waals surface area contributed by atoms with Crippen molar-refractivity contribution in [2.45, 2.75) is 19.9 Å². The van der Waals surface area contributed by atoms with Crippen molar-refractivity contribution in [3.8, 4) is 0 Å². The molecule has 0 spiro atoms. The van der Waals surface area contributed by atoms with Gasteiger partial charge in [0.15, 0.2) is 5.11 Å². The van der Waals surface area contributed by atoms with E-state index in [0.717, 1.165) is 0 Å². The van der Waals surface area contributed by atoms with E-state index in [4.69, 9.17) is 17.0 Å². The van der Waals surface area contributed by atoms with Gasteiger partial charge >= 0.3 is 5.97 Å². The summed E-state index contributed by atoms with van der Waals surface area (Å²) in [6, 6.07) is 4.35. The SMILES string of the molecule is CCOC(=O)C(C)NC(=S)NC(=O)c1ccc(F)cc1. The Balaban J connectivity index is 2.51. The number of amides is 1. The van der Waals surface area contributed by atoms with Gasteiger partial charge in [-0.05, 0) is 50.3 Å². The molecule has 1 unspecified atom stereocenters. The van der Waals surface area contributed by atoms with Crippen molar-refractivity contribution in [1.29, 1.82) is 0 Å². The van der Waals surface area contributed by atoms with Crippen LogP contribution in [0.1, 0.15) is 24.2 Å². The normalized spacial score (nSPS) is 11.3. The summed E-state index contributed by atoms with van der Waals surface area (Å²) < 4.78 is 17.5. The average molecular weight is 298 g/mol. The fourth-order valence-electron chi connectivity index (χ4n) is 1.34. The molecule has 0 bridgehead atoms. The average Bonchev–Trinajstić information content (AvgIpc) is 2.39. The molecule has 0 aliphatic rings. The molecule has 0 saturated heterocycles. The third-order valence-electron chi connectivity index (χ3n) is 2.32. The summed E-state index contributed by atoms with van der Waals surface area (Å²) in [6.45, 7) is 3.52. The molecule has 1 aromatic rings. The van der Waals surface area contributed by atoms with Crippen molar-refractivity contribution in [1.82, 2.24) is 10.6 Å². The van der Waals surface area contributed by atoms with Crippen LogP contribution in [0.3, 0.4) is 0 Å². The minimum Gasteiger partial charge on any atom is -0.464 e. The summed E-state index contributed by atoms with van der Waals surface area (Å²) >= 11 is 4.91. The quantitative estimate of drug-likeness (QED) is 0.649. The van der Waals surface area contributed by atoms with E-state index in [-0.39, 0.29) is 17.3 Å². The maximum Gasteiger partial charge on any atom is 0.328 e. The van der Waals surface area contributed by atoms with Crippen molar-refractivity contribution in [2.24, 2.45) is 0 Å². The lowest BCUT2D eigenvalue weighted by Crippen LogP contribution is -2.46. The number of thiocarbonyl (C=S) groups is 1. The third kappa shape index (κ3) is 4.93. The highest BCUT2D eigenvalue weighted by atomic mass is 32.1. The Kier molecular flexibility index (Phi) is 6.05. The number of rotatable bonds is 4. The fourth-order valence-corrected chi connectivity index (χ4v) is 1.60. The number of nitrogens with one attached hydrogen (secondary N) is 2. The number of hydrogen-bond donors (Lipinski definition) is 2. The summed E-state index contributed by atoms with van der Waals surface area (Å²) in [5.74, 6) is -1.39. The highest BCUT2D eigenvalue weighted by molar-refractivity contribution is 7.80. The first-order valence-electron chi connectivity index (χ1n) is 5.98. The monoisotopic (exact) mass is 298 g/mol. The second-order valence-corrected chi connectivity index (χ2v) is 4.32. The van der Waals surface area contributed by atoms with Gasteiger partial charge in [-0.15, -0.1) is 0 Å². The van der Waals surface area contributed by atoms with Gasteiger partial charge in [-0.25, -0.2) is 9.18 Å². The number of carbonyl (C=O) groups excluding carboxylic acids is 2. The van der Waals surface area contributed by atoms with Crippen LogP contribution in [0.15, 0.2) is 24.3 Å². The molecule has 2 N–H and O–H groups in total. The van der Waals surface area contributed by atoms with E-state index in [1.165, 1.54) is 24.3 Å². The topological polar surface area (TPSA) is 67.4 Å². The van der Waals surface area contributed by atoms with Gasteiger partial charge in [-0.2, -0.15) is 0 Å². The first kappa shape index (κ1) is 16.0. The van der Waals surface area contributed by atoms with Crippen LogP contribution in [0.5, 0.6) is 0 Å². The van der Waals surface area contributed by atoms with E-state index < -0.39 is 23.7 Å². The molecule has 0 aromatic heterocycles. The highest BCUT2D eigenvalue weighted by Crippen LogP contribution is 2.02. The molecule has 1 atom stereocenters. The van der Waals surface area contributed by atoms with Crippen molar-refractivity contribution < 1.29 is 18.7 Å². The highest BCUT2D eigenvalue weighted by Gasteiger charge is 2.16. The van der Waals surface area contributed by atoms with Gasteiger partial charge in [0.2, 0.25) is 0 Å². The van der Waals surface area contributed by atoms with Crippen LogP contribution in [0, 0.1) is 5.82 Å². The second-order valence-electron chi connectivity index (χ2n) is 3.91. The van der Waals surface area contributed by atoms with E-state index in [2.05, 4.69) is 10.6 Å². The van der Waals surface area contributed by atoms with Crippen LogP contribution < -0.4 is 10.6 Å². The summed E-state index contributed by atoms with van der Waals surface area (Å²) in [6.07, 6.45) is 0. The number of carbonyl (C=O) groups is 2. The van der Waals surface area contributed by atoms with E-state index in [1.54, 1.807) is 13.8 Å². The zero-order valence-corrected chi connectivity index (χ0v) is 11.9. The molecule has 0 saturated carbocycles. The van der Waals surface area contributed by atoms with Gasteiger partial charge in [0.05, 0.1) is 6.61 Å². The van der Waals surface area contributed by atoms with Crippen molar-refractivity contribution in [2.75, 3.05) is 6.61 Å². The van der Waals surface area contributed by atoms with E-state index in [9.17, 15) is 14.0 Å². The Morgan fingerprint density at radius 1 is 1.35 bits per heavy atom. The van der Waals surface area contributed by atoms with E-state index in [0.29, 0.717) is 0 Å². The summed E-state index contributed by atoms with van der Waals surface area (Å²) in [7, 11) is 0. The molecule has 0 heterocycles. The van der Waals surface area contributed by atoms with Crippen LogP contribution in [-0.4, -0.2) is 29.6 Å². The maximum atomic E-state index is 12.7. The number of hydrogen-bond acceptors (Lipinski definition) is 4. The molecule has 1 amide bonds. The Hall–Kier alpha value is -2.02. The zero-order valence-electron chi connectivity index (χ0n) is 11.1. The van der Waals surface area contributed by atoms with Crippen LogP contribution in [0.25, 0.3) is 0 Å². The summed E-state index contributed by atoms with van der Waals surface area (Å²) in [4.78, 5) is 23.1. The van der Waals surface area contributed by atoms with Crippen molar-refractivity contribution in [3.05, 3.63) is 35.6 Å². The molecule has 1 aromatic carbocycles. The predicted octanol–water partition coefficient (Wildman–Crippen LogP) is 1.38. The zero-order chi connectivity index (χ0) is 15.1. The second kappa shape index (κ2) is 7.54. The molecule has 0 radical (unpaired) electrons. The smallest absolute Gasteiger partial charge is 0.328 e. The third-order valence-corrected chi connectivity index (χ3v) is 2.54. The molecular formula is C13H15FN2O3S. The van der Waals surface area contributed by atoms with Crippen molar-refractivity contribution in [3.63, 3.8) is 0 Å². The molecule has 7 heteroatoms. The van der Waals surface area contributed by atoms with Gasteiger partial charge in [0, 0.05) is 5.56 Å². The number of esters is 1. The summed E-state index contributed by atoms with van der Waals surface area (Å²) in [5, 5.41) is 5.02. The Morgan fingerprint density at radius 2 is 1.95 bits per heavy atom. The number of ether oxygens (including phenoxy) is 1. The lowest BCUT2D eigenvalue weighted by Gasteiger charge is -2.15. The molecule has 0 aliphatic carbocycles. The first-order valence-corrected chi connectivity index (χ1v) is 6.39. The summed E-state index contributed by atoms with van der Waals surface area (Å²) in [5.41, 5.74) is 0.263. The minimum atomic E-state index is -0.670. The molecular weight excluding hydrogens is 283 g/mol. The van der Waals surface area contributed by atoms with Crippen molar-refractivity contribution >= 4 is 29.2 Å². The van der Waals surface area contributed by atoms with Crippen LogP contribution in [-0.2, 0) is 9.53 Å². The van der Waals surface area contributed by atoms with Gasteiger partial charge in [-0.1, -0.05) is 0 Å². The number of halogens is 1. The number of benzene rings is 1. The Labute approximate surface area is 121 Å². The van der Waals surface area contributed by atoms with Crippen LogP contribution in [0.2, 0.25) is 0 Å². The van der Waals surface area contributed by atoms with Gasteiger partial charge in [0.25, 0.3) is 5.91 Å². The minimum absolute atomic E-state index is 0.000113. The van der Waals surface area contributed by atoms with Gasteiger partial charge < -0.3 is 10.1 Å². The maximum absolute atomic E-state index is 12.7. The molecule has 1 rings (SSSR count).